The third-order valence-electron chi connectivity index (χ3n) is 5.87. The maximum atomic E-state index is 12.8. The summed E-state index contributed by atoms with van der Waals surface area (Å²) < 4.78 is 0. The van der Waals surface area contributed by atoms with E-state index in [9.17, 15) is 14.4 Å². The van der Waals surface area contributed by atoms with Crippen LogP contribution in [-0.2, 0) is 9.59 Å². The molecule has 4 aliphatic rings. The molecular weight excluding hydrogens is 346 g/mol. The highest BCUT2D eigenvalue weighted by Crippen LogP contribution is 2.29. The van der Waals surface area contributed by atoms with E-state index < -0.39 is 0 Å². The number of amides is 3. The number of aromatic nitrogens is 2. The van der Waals surface area contributed by atoms with Gasteiger partial charge in [0.15, 0.2) is 0 Å². The number of fused-ring (bicyclic) bond motifs is 4. The zero-order chi connectivity index (χ0) is 18.8. The van der Waals surface area contributed by atoms with Crippen molar-refractivity contribution in [2.75, 3.05) is 32.7 Å². The predicted molar refractivity (Wildman–Crippen MR) is 96.6 cm³/mol. The van der Waals surface area contributed by atoms with Crippen molar-refractivity contribution in [1.82, 2.24) is 24.7 Å². The number of likely N-dealkylation sites (tertiary alicyclic amines) is 1. The van der Waals surface area contributed by atoms with Gasteiger partial charge in [0.25, 0.3) is 5.91 Å². The highest BCUT2D eigenvalue weighted by molar-refractivity contribution is 5.92. The van der Waals surface area contributed by atoms with Crippen LogP contribution < -0.4 is 0 Å². The third kappa shape index (κ3) is 3.79. The maximum absolute atomic E-state index is 12.8. The summed E-state index contributed by atoms with van der Waals surface area (Å²) in [4.78, 5) is 51.0. The van der Waals surface area contributed by atoms with Crippen LogP contribution in [-0.4, -0.2) is 81.2 Å². The lowest BCUT2D eigenvalue weighted by Gasteiger charge is -2.36. The molecule has 2 bridgehead atoms. The minimum Gasteiger partial charge on any atom is -0.342 e. The second-order valence-electron chi connectivity index (χ2n) is 7.68. The molecule has 4 saturated heterocycles. The van der Waals surface area contributed by atoms with Crippen molar-refractivity contribution >= 4 is 17.7 Å². The number of hydrogen-bond donors (Lipinski definition) is 0. The molecule has 0 aromatic carbocycles. The van der Waals surface area contributed by atoms with Crippen molar-refractivity contribution in [1.29, 1.82) is 0 Å². The maximum Gasteiger partial charge on any atom is 0.274 e. The molecule has 1 aromatic heterocycles. The van der Waals surface area contributed by atoms with Crippen LogP contribution in [0.4, 0.5) is 0 Å². The standard InChI is InChI=1S/C19H25N5O3/c25-17-2-1-8-22(17)9-5-18(26)24-12-14-3-4-15(24)13-23(11-14)19(27)16-10-20-6-7-21-16/h6-7,10,14-15H,1-5,8-9,11-13H2/t14-,15+/m0/s1. The van der Waals surface area contributed by atoms with Gasteiger partial charge in [-0.05, 0) is 25.2 Å². The summed E-state index contributed by atoms with van der Waals surface area (Å²) in [6.07, 6.45) is 8.37. The molecule has 8 nitrogen and oxygen atoms in total. The fraction of sp³-hybridized carbons (Fsp3) is 0.632. The van der Waals surface area contributed by atoms with Gasteiger partial charge in [-0.25, -0.2) is 4.98 Å². The van der Waals surface area contributed by atoms with Gasteiger partial charge in [-0.15, -0.1) is 0 Å². The number of piperidine rings is 1. The molecule has 2 atom stereocenters. The van der Waals surface area contributed by atoms with Gasteiger partial charge in [-0.3, -0.25) is 19.4 Å². The SMILES string of the molecule is O=C1CCCN1CCC(=O)N1C[C@H]2CC[C@@H]1CN(C(=O)c1cnccn1)C2. The summed E-state index contributed by atoms with van der Waals surface area (Å²) in [5.74, 6) is 0.429. The van der Waals surface area contributed by atoms with Crippen molar-refractivity contribution in [2.45, 2.75) is 38.1 Å². The monoisotopic (exact) mass is 371 g/mol. The Kier molecular flexibility index (Phi) is 5.05. The van der Waals surface area contributed by atoms with E-state index in [0.29, 0.717) is 50.6 Å². The minimum atomic E-state index is -0.114. The van der Waals surface area contributed by atoms with Crippen molar-refractivity contribution in [2.24, 2.45) is 5.92 Å². The normalized spacial score (nSPS) is 25.0. The van der Waals surface area contributed by atoms with Crippen molar-refractivity contribution < 1.29 is 14.4 Å². The summed E-state index contributed by atoms with van der Waals surface area (Å²) in [6, 6.07) is 0.0474. The van der Waals surface area contributed by atoms with E-state index in [2.05, 4.69) is 9.97 Å². The van der Waals surface area contributed by atoms with Crippen LogP contribution in [0.5, 0.6) is 0 Å². The summed E-state index contributed by atoms with van der Waals surface area (Å²) in [7, 11) is 0. The van der Waals surface area contributed by atoms with Gasteiger partial charge in [-0.2, -0.15) is 0 Å². The smallest absolute Gasteiger partial charge is 0.274 e. The average Bonchev–Trinajstić information content (AvgIpc) is 2.91. The molecule has 27 heavy (non-hydrogen) atoms. The zero-order valence-corrected chi connectivity index (χ0v) is 15.4. The van der Waals surface area contributed by atoms with E-state index in [-0.39, 0.29) is 23.8 Å². The molecule has 8 heteroatoms. The van der Waals surface area contributed by atoms with Crippen molar-refractivity contribution in [3.8, 4) is 0 Å². The molecule has 4 fully saturated rings. The van der Waals surface area contributed by atoms with Gasteiger partial charge in [0.1, 0.15) is 5.69 Å². The second kappa shape index (κ2) is 7.62. The average molecular weight is 371 g/mol. The Bertz CT molecular complexity index is 725. The van der Waals surface area contributed by atoms with E-state index in [1.165, 1.54) is 12.4 Å². The van der Waals surface area contributed by atoms with Crippen LogP contribution in [0.2, 0.25) is 0 Å². The Morgan fingerprint density at radius 1 is 1.15 bits per heavy atom. The quantitative estimate of drug-likeness (QED) is 0.772. The number of carbonyl (C=O) groups excluding carboxylic acids is 3. The number of rotatable bonds is 4. The van der Waals surface area contributed by atoms with E-state index in [1.807, 2.05) is 9.80 Å². The molecule has 4 aliphatic heterocycles. The fourth-order valence-corrected chi connectivity index (χ4v) is 4.44. The summed E-state index contributed by atoms with van der Waals surface area (Å²) in [6.45, 7) is 3.16. The Labute approximate surface area is 158 Å². The molecule has 0 N–H and O–H groups in total. The molecule has 0 unspecified atom stereocenters. The topological polar surface area (TPSA) is 86.7 Å². The first-order valence-electron chi connectivity index (χ1n) is 9.74. The summed E-state index contributed by atoms with van der Waals surface area (Å²) in [5.41, 5.74) is 0.351. The summed E-state index contributed by atoms with van der Waals surface area (Å²) >= 11 is 0. The second-order valence-corrected chi connectivity index (χ2v) is 7.68. The molecule has 0 spiro atoms. The molecule has 0 radical (unpaired) electrons. The highest BCUT2D eigenvalue weighted by atomic mass is 16.2. The predicted octanol–water partition coefficient (Wildman–Crippen LogP) is 0.552. The van der Waals surface area contributed by atoms with Crippen LogP contribution in [0.3, 0.4) is 0 Å². The van der Waals surface area contributed by atoms with Gasteiger partial charge in [0.2, 0.25) is 11.8 Å². The molecular formula is C19H25N5O3. The highest BCUT2D eigenvalue weighted by Gasteiger charge is 2.39. The van der Waals surface area contributed by atoms with Crippen LogP contribution >= 0.6 is 0 Å². The molecule has 1 aromatic rings. The molecule has 0 aliphatic carbocycles. The first kappa shape index (κ1) is 17.9. The van der Waals surface area contributed by atoms with Crippen molar-refractivity contribution in [3.63, 3.8) is 0 Å². The largest absolute Gasteiger partial charge is 0.342 e. The lowest BCUT2D eigenvalue weighted by molar-refractivity contribution is -0.136. The van der Waals surface area contributed by atoms with Gasteiger partial charge >= 0.3 is 0 Å². The molecule has 3 amide bonds. The first-order chi connectivity index (χ1) is 13.1. The lowest BCUT2D eigenvalue weighted by atomic mass is 9.94. The van der Waals surface area contributed by atoms with E-state index in [1.54, 1.807) is 11.1 Å². The summed E-state index contributed by atoms with van der Waals surface area (Å²) in [5, 5.41) is 0. The van der Waals surface area contributed by atoms with Crippen LogP contribution in [0.25, 0.3) is 0 Å². The minimum absolute atomic E-state index is 0.0474. The Balaban J connectivity index is 1.39. The van der Waals surface area contributed by atoms with Crippen molar-refractivity contribution in [3.05, 3.63) is 24.3 Å². The van der Waals surface area contributed by atoms with E-state index >= 15 is 0 Å². The number of hydrogen-bond acceptors (Lipinski definition) is 5. The third-order valence-corrected chi connectivity index (χ3v) is 5.87. The fourth-order valence-electron chi connectivity index (χ4n) is 4.44. The van der Waals surface area contributed by atoms with Crippen LogP contribution in [0.1, 0.15) is 42.6 Å². The van der Waals surface area contributed by atoms with Crippen LogP contribution in [0.15, 0.2) is 18.6 Å². The Hall–Kier alpha value is -2.51. The number of carbonyl (C=O) groups is 3. The van der Waals surface area contributed by atoms with E-state index in [4.69, 9.17) is 0 Å². The van der Waals surface area contributed by atoms with E-state index in [0.717, 1.165) is 25.8 Å². The lowest BCUT2D eigenvalue weighted by Crippen LogP contribution is -2.48. The molecule has 5 heterocycles. The van der Waals surface area contributed by atoms with Gasteiger partial charge < -0.3 is 14.7 Å². The molecule has 144 valence electrons. The molecule has 5 rings (SSSR count). The van der Waals surface area contributed by atoms with Gasteiger partial charge in [0, 0.05) is 64.0 Å². The zero-order valence-electron chi connectivity index (χ0n) is 15.4. The van der Waals surface area contributed by atoms with Gasteiger partial charge in [0.05, 0.1) is 6.20 Å². The Morgan fingerprint density at radius 2 is 2.04 bits per heavy atom. The molecule has 0 saturated carbocycles. The van der Waals surface area contributed by atoms with Gasteiger partial charge in [-0.1, -0.05) is 0 Å². The Morgan fingerprint density at radius 3 is 2.78 bits per heavy atom. The first-order valence-corrected chi connectivity index (χ1v) is 9.74. The van der Waals surface area contributed by atoms with Crippen LogP contribution in [0, 0.1) is 5.92 Å². The number of nitrogens with zero attached hydrogens (tertiary/aromatic N) is 5.